The summed E-state index contributed by atoms with van der Waals surface area (Å²) in [6.07, 6.45) is 0. The lowest BCUT2D eigenvalue weighted by molar-refractivity contribution is 0.520. The van der Waals surface area contributed by atoms with Crippen LogP contribution >= 0.6 is 0 Å². The Hall–Kier alpha value is -1.00. The van der Waals surface area contributed by atoms with Crippen LogP contribution in [0.5, 0.6) is 0 Å². The summed E-state index contributed by atoms with van der Waals surface area (Å²) >= 11 is 0. The van der Waals surface area contributed by atoms with Gasteiger partial charge in [-0.15, -0.1) is 0 Å². The van der Waals surface area contributed by atoms with Crippen LogP contribution < -0.4 is 10.0 Å². The van der Waals surface area contributed by atoms with E-state index in [4.69, 9.17) is 0 Å². The summed E-state index contributed by atoms with van der Waals surface area (Å²) in [7, 11) is -2.88. The number of likely N-dealkylation sites (N-methyl/N-ethyl adjacent to an activating group) is 1. The third-order valence-corrected chi connectivity index (χ3v) is 5.83. The van der Waals surface area contributed by atoms with Gasteiger partial charge in [-0.25, -0.2) is 25.9 Å². The minimum Gasteiger partial charge on any atom is -0.318 e. The van der Waals surface area contributed by atoms with Gasteiger partial charge in [0.2, 0.25) is 20.0 Å². The fourth-order valence-electron chi connectivity index (χ4n) is 1.41. The first-order valence-corrected chi connectivity index (χ1v) is 8.81. The van der Waals surface area contributed by atoms with E-state index in [0.29, 0.717) is 6.54 Å². The topological polar surface area (TPSA) is 95.6 Å². The van der Waals surface area contributed by atoms with Crippen LogP contribution in [0, 0.1) is 0 Å². The van der Waals surface area contributed by atoms with Crippen molar-refractivity contribution in [3.05, 3.63) is 24.3 Å². The second kappa shape index (κ2) is 6.64. The van der Waals surface area contributed by atoms with E-state index in [0.717, 1.165) is 10.4 Å². The molecule has 0 aromatic heterocycles. The molecule has 20 heavy (non-hydrogen) atoms. The normalized spacial score (nSPS) is 12.8. The highest BCUT2D eigenvalue weighted by Crippen LogP contribution is 2.17. The largest absolute Gasteiger partial charge is 0.318 e. The van der Waals surface area contributed by atoms with E-state index < -0.39 is 20.0 Å². The Kier molecular flexibility index (Phi) is 5.66. The summed E-state index contributed by atoms with van der Waals surface area (Å²) in [5, 5.41) is 2.81. The molecule has 1 aromatic rings. The molecule has 0 amide bonds. The molecule has 0 radical (unpaired) electrons. The number of hydrogen-bond donors (Lipinski definition) is 2. The molecule has 1 rings (SSSR count). The summed E-state index contributed by atoms with van der Waals surface area (Å²) in [6.45, 7) is 0.707. The van der Waals surface area contributed by atoms with Crippen LogP contribution in [0.3, 0.4) is 0 Å². The quantitative estimate of drug-likeness (QED) is 0.656. The van der Waals surface area contributed by atoms with E-state index in [1.165, 1.54) is 32.3 Å². The van der Waals surface area contributed by atoms with Gasteiger partial charge in [0.15, 0.2) is 0 Å². The molecule has 0 aliphatic carbocycles. The maximum Gasteiger partial charge on any atom is 0.242 e. The van der Waals surface area contributed by atoms with Crippen molar-refractivity contribution < 1.29 is 16.8 Å². The Labute approximate surface area is 120 Å². The van der Waals surface area contributed by atoms with E-state index in [1.807, 2.05) is 0 Å². The highest BCUT2D eigenvalue weighted by atomic mass is 32.2. The first kappa shape index (κ1) is 17.1. The molecule has 0 heterocycles. The Morgan fingerprint density at radius 3 is 2.20 bits per heavy atom. The first-order chi connectivity index (χ1) is 9.21. The Balaban J connectivity index is 3.11. The van der Waals surface area contributed by atoms with Crippen molar-refractivity contribution >= 4 is 20.0 Å². The molecule has 0 fully saturated rings. The van der Waals surface area contributed by atoms with Gasteiger partial charge in [-0.2, -0.15) is 0 Å². The average molecular weight is 321 g/mol. The number of sulfonamides is 2. The number of benzene rings is 1. The molecule has 9 heteroatoms. The zero-order valence-corrected chi connectivity index (χ0v) is 13.3. The zero-order chi connectivity index (χ0) is 15.4. The van der Waals surface area contributed by atoms with Crippen LogP contribution in [-0.2, 0) is 20.0 Å². The predicted octanol–water partition coefficient (Wildman–Crippen LogP) is -0.565. The van der Waals surface area contributed by atoms with Gasteiger partial charge in [0.05, 0.1) is 9.79 Å². The maximum atomic E-state index is 12.0. The first-order valence-electron chi connectivity index (χ1n) is 5.88. The molecular weight excluding hydrogens is 302 g/mol. The fraction of sp³-hybridized carbons (Fsp3) is 0.455. The third-order valence-electron chi connectivity index (χ3n) is 2.56. The Morgan fingerprint density at radius 2 is 1.65 bits per heavy atom. The summed E-state index contributed by atoms with van der Waals surface area (Å²) < 4.78 is 51.4. The number of nitrogens with zero attached hydrogens (tertiary/aromatic N) is 1. The van der Waals surface area contributed by atoms with Crippen LogP contribution in [0.25, 0.3) is 0 Å². The fourth-order valence-corrected chi connectivity index (χ4v) is 3.51. The van der Waals surface area contributed by atoms with Crippen molar-refractivity contribution in [3.8, 4) is 0 Å². The number of nitrogens with one attached hydrogen (secondary N) is 2. The van der Waals surface area contributed by atoms with E-state index in [1.54, 1.807) is 7.05 Å². The van der Waals surface area contributed by atoms with Gasteiger partial charge in [-0.1, -0.05) is 6.07 Å². The molecule has 0 unspecified atom stereocenters. The lowest BCUT2D eigenvalue weighted by Crippen LogP contribution is -2.30. The van der Waals surface area contributed by atoms with Crippen molar-refractivity contribution in [2.45, 2.75) is 9.79 Å². The van der Waals surface area contributed by atoms with Gasteiger partial charge in [0, 0.05) is 27.2 Å². The van der Waals surface area contributed by atoms with Crippen molar-refractivity contribution in [2.75, 3.05) is 34.2 Å². The highest BCUT2D eigenvalue weighted by Gasteiger charge is 2.20. The van der Waals surface area contributed by atoms with Crippen molar-refractivity contribution in [2.24, 2.45) is 0 Å². The van der Waals surface area contributed by atoms with E-state index in [-0.39, 0.29) is 16.3 Å². The molecule has 0 saturated carbocycles. The summed E-state index contributed by atoms with van der Waals surface area (Å²) in [5.74, 6) is 0. The van der Waals surface area contributed by atoms with E-state index >= 15 is 0 Å². The molecule has 0 spiro atoms. The second-order valence-electron chi connectivity index (χ2n) is 4.26. The maximum absolute atomic E-state index is 12.0. The number of hydrogen-bond acceptors (Lipinski definition) is 5. The molecule has 7 nitrogen and oxygen atoms in total. The zero-order valence-electron chi connectivity index (χ0n) is 11.6. The summed E-state index contributed by atoms with van der Waals surface area (Å²) in [5.41, 5.74) is 0. The molecule has 0 aliphatic heterocycles. The molecule has 0 bridgehead atoms. The van der Waals surface area contributed by atoms with Gasteiger partial charge in [-0.3, -0.25) is 0 Å². The van der Waals surface area contributed by atoms with Crippen LogP contribution in [0.15, 0.2) is 34.1 Å². The standard InChI is InChI=1S/C11H19N3O4S2/c1-12-7-8-13-19(15,16)10-5-4-6-11(9-10)20(17,18)14(2)3/h4-6,9,12-13H,7-8H2,1-3H3. The molecule has 0 saturated heterocycles. The molecule has 1 aromatic carbocycles. The van der Waals surface area contributed by atoms with Gasteiger partial charge in [0.25, 0.3) is 0 Å². The average Bonchev–Trinajstić information content (AvgIpc) is 2.39. The summed E-state index contributed by atoms with van der Waals surface area (Å²) in [6, 6.07) is 5.28. The van der Waals surface area contributed by atoms with Gasteiger partial charge >= 0.3 is 0 Å². The van der Waals surface area contributed by atoms with Crippen LogP contribution in [0.2, 0.25) is 0 Å². The lowest BCUT2D eigenvalue weighted by Gasteiger charge is -2.12. The van der Waals surface area contributed by atoms with Crippen molar-refractivity contribution in [1.29, 1.82) is 0 Å². The lowest BCUT2D eigenvalue weighted by atomic mass is 10.4. The second-order valence-corrected chi connectivity index (χ2v) is 8.18. The monoisotopic (exact) mass is 321 g/mol. The van der Waals surface area contributed by atoms with Crippen LogP contribution in [-0.4, -0.2) is 55.4 Å². The van der Waals surface area contributed by atoms with E-state index in [9.17, 15) is 16.8 Å². The number of rotatable bonds is 7. The van der Waals surface area contributed by atoms with Crippen LogP contribution in [0.1, 0.15) is 0 Å². The van der Waals surface area contributed by atoms with Gasteiger partial charge in [0.1, 0.15) is 0 Å². The minimum absolute atomic E-state index is 0.0565. The third kappa shape index (κ3) is 4.00. The van der Waals surface area contributed by atoms with Gasteiger partial charge in [-0.05, 0) is 25.2 Å². The van der Waals surface area contributed by atoms with Crippen LogP contribution in [0.4, 0.5) is 0 Å². The Bertz CT molecular complexity index is 654. The molecule has 2 N–H and O–H groups in total. The smallest absolute Gasteiger partial charge is 0.242 e. The SMILES string of the molecule is CNCCNS(=O)(=O)c1cccc(S(=O)(=O)N(C)C)c1. The van der Waals surface area contributed by atoms with E-state index in [2.05, 4.69) is 10.0 Å². The molecule has 114 valence electrons. The molecule has 0 aliphatic rings. The predicted molar refractivity (Wildman–Crippen MR) is 76.4 cm³/mol. The van der Waals surface area contributed by atoms with Gasteiger partial charge < -0.3 is 5.32 Å². The Morgan fingerprint density at radius 1 is 1.05 bits per heavy atom. The van der Waals surface area contributed by atoms with Crippen molar-refractivity contribution in [3.63, 3.8) is 0 Å². The summed E-state index contributed by atoms with van der Waals surface area (Å²) in [4.78, 5) is -0.129. The molecular formula is C11H19N3O4S2. The molecule has 0 atom stereocenters. The highest BCUT2D eigenvalue weighted by molar-refractivity contribution is 7.90. The minimum atomic E-state index is -3.71. The van der Waals surface area contributed by atoms with Crippen molar-refractivity contribution in [1.82, 2.24) is 14.3 Å².